The summed E-state index contributed by atoms with van der Waals surface area (Å²) >= 11 is 0. The van der Waals surface area contributed by atoms with Crippen LogP contribution in [0, 0.1) is 17.9 Å². The van der Waals surface area contributed by atoms with Gasteiger partial charge in [0.2, 0.25) is 0 Å². The average molecular weight is 270 g/mol. The molecule has 1 unspecified atom stereocenters. The first-order valence-corrected chi connectivity index (χ1v) is 7.03. The van der Waals surface area contributed by atoms with E-state index in [-0.39, 0.29) is 6.04 Å². The van der Waals surface area contributed by atoms with Crippen LogP contribution in [0.15, 0.2) is 30.3 Å². The van der Waals surface area contributed by atoms with Gasteiger partial charge >= 0.3 is 5.97 Å². The van der Waals surface area contributed by atoms with E-state index < -0.39 is 5.97 Å². The van der Waals surface area contributed by atoms with Crippen molar-refractivity contribution in [1.29, 1.82) is 0 Å². The molecule has 2 fully saturated rings. The highest BCUT2D eigenvalue weighted by Crippen LogP contribution is 2.28. The van der Waals surface area contributed by atoms with E-state index in [4.69, 9.17) is 4.74 Å². The normalized spacial score (nSPS) is 21.2. The fraction of sp³-hybridized carbons (Fsp3) is 0.438. The predicted octanol–water partition coefficient (Wildman–Crippen LogP) is 1.50. The summed E-state index contributed by atoms with van der Waals surface area (Å²) in [5, 5.41) is 3.28. The molecule has 1 aliphatic heterocycles. The monoisotopic (exact) mass is 270 g/mol. The van der Waals surface area contributed by atoms with Crippen LogP contribution in [-0.2, 0) is 9.53 Å². The third-order valence-corrected chi connectivity index (χ3v) is 3.63. The van der Waals surface area contributed by atoms with E-state index in [9.17, 15) is 4.79 Å². The summed E-state index contributed by atoms with van der Waals surface area (Å²) in [4.78, 5) is 13.5. The Morgan fingerprint density at radius 2 is 2.15 bits per heavy atom. The van der Waals surface area contributed by atoms with Gasteiger partial charge in [-0.3, -0.25) is 5.32 Å². The molecule has 1 heterocycles. The lowest BCUT2D eigenvalue weighted by Crippen LogP contribution is -2.20. The molecule has 0 amide bonds. The molecule has 0 bridgehead atoms. The number of nitrogens with zero attached hydrogens (tertiary/aromatic N) is 1. The van der Waals surface area contributed by atoms with Gasteiger partial charge in [0.1, 0.15) is 0 Å². The number of carbonyl (C=O) groups excluding carboxylic acids is 1. The van der Waals surface area contributed by atoms with E-state index in [2.05, 4.69) is 29.4 Å². The van der Waals surface area contributed by atoms with Gasteiger partial charge in [0.25, 0.3) is 0 Å². The number of esters is 1. The van der Waals surface area contributed by atoms with Gasteiger partial charge in [-0.25, -0.2) is 4.79 Å². The van der Waals surface area contributed by atoms with E-state index in [0.717, 1.165) is 6.54 Å². The molecule has 20 heavy (non-hydrogen) atoms. The van der Waals surface area contributed by atoms with Crippen LogP contribution in [0.25, 0.3) is 0 Å². The maximum Gasteiger partial charge on any atom is 0.386 e. The maximum absolute atomic E-state index is 11.5. The first kappa shape index (κ1) is 13.0. The second-order valence-electron chi connectivity index (χ2n) is 5.29. The summed E-state index contributed by atoms with van der Waals surface area (Å²) in [6, 6.07) is 13.3. The molecule has 104 valence electrons. The molecular weight excluding hydrogens is 252 g/mol. The summed E-state index contributed by atoms with van der Waals surface area (Å²) in [5.74, 6) is 2.74. The molecule has 1 N–H and O–H groups in total. The lowest BCUT2D eigenvalue weighted by molar-refractivity contribution is -0.137. The molecule has 2 aliphatic rings. The smallest absolute Gasteiger partial charge is 0.386 e. The first-order valence-electron chi connectivity index (χ1n) is 7.03. The Balaban J connectivity index is 1.59. The summed E-state index contributed by atoms with van der Waals surface area (Å²) < 4.78 is 5.11. The van der Waals surface area contributed by atoms with Gasteiger partial charge in [-0.1, -0.05) is 30.3 Å². The topological polar surface area (TPSA) is 41.6 Å². The first-order chi connectivity index (χ1) is 9.83. The minimum atomic E-state index is -0.421. The fourth-order valence-corrected chi connectivity index (χ4v) is 2.26. The minimum Gasteiger partial charge on any atom is -0.456 e. The molecule has 4 heteroatoms. The lowest BCUT2D eigenvalue weighted by atomic mass is 10.1. The standard InChI is InChI=1S/C16H18N2O2/c19-16(20-11-13-6-7-13)8-9-18-12-17-10-15(18)14-4-2-1-3-5-14/h1-5,13,15,17H,6-7,10-12H2. The van der Waals surface area contributed by atoms with Gasteiger partial charge < -0.3 is 9.64 Å². The maximum atomic E-state index is 11.5. The van der Waals surface area contributed by atoms with Gasteiger partial charge in [0.15, 0.2) is 0 Å². The third kappa shape index (κ3) is 3.31. The van der Waals surface area contributed by atoms with Gasteiger partial charge in [-0.05, 0) is 24.3 Å². The van der Waals surface area contributed by atoms with E-state index in [1.165, 1.54) is 18.4 Å². The quantitative estimate of drug-likeness (QED) is 0.667. The second kappa shape index (κ2) is 5.98. The van der Waals surface area contributed by atoms with Gasteiger partial charge in [-0.15, -0.1) is 0 Å². The van der Waals surface area contributed by atoms with Crippen LogP contribution < -0.4 is 5.32 Å². The molecule has 4 nitrogen and oxygen atoms in total. The van der Waals surface area contributed by atoms with Crippen molar-refractivity contribution in [2.24, 2.45) is 5.92 Å². The summed E-state index contributed by atoms with van der Waals surface area (Å²) in [6.07, 6.45) is 2.35. The van der Waals surface area contributed by atoms with Crippen molar-refractivity contribution in [3.63, 3.8) is 0 Å². The largest absolute Gasteiger partial charge is 0.456 e. The molecule has 1 saturated heterocycles. The Morgan fingerprint density at radius 1 is 1.35 bits per heavy atom. The molecule has 3 rings (SSSR count). The van der Waals surface area contributed by atoms with Crippen LogP contribution in [0.5, 0.6) is 0 Å². The van der Waals surface area contributed by atoms with Crippen molar-refractivity contribution in [3.8, 4) is 12.0 Å². The molecule has 1 aromatic rings. The molecule has 1 atom stereocenters. The average Bonchev–Trinajstić information content (AvgIpc) is 3.20. The van der Waals surface area contributed by atoms with Crippen molar-refractivity contribution in [2.75, 3.05) is 19.8 Å². The Hall–Kier alpha value is -1.99. The van der Waals surface area contributed by atoms with E-state index in [1.807, 2.05) is 23.1 Å². The lowest BCUT2D eigenvalue weighted by Gasteiger charge is -2.18. The number of benzene rings is 1. The summed E-state index contributed by atoms with van der Waals surface area (Å²) in [7, 11) is 0. The fourth-order valence-electron chi connectivity index (χ4n) is 2.26. The molecule has 1 saturated carbocycles. The summed E-state index contributed by atoms with van der Waals surface area (Å²) in [5.41, 5.74) is 1.21. The van der Waals surface area contributed by atoms with Crippen molar-refractivity contribution < 1.29 is 9.53 Å². The molecule has 0 radical (unpaired) electrons. The predicted molar refractivity (Wildman–Crippen MR) is 75.4 cm³/mol. The molecule has 0 aromatic heterocycles. The second-order valence-corrected chi connectivity index (χ2v) is 5.29. The number of hydrogen-bond donors (Lipinski definition) is 1. The number of carbonyl (C=O) groups is 1. The van der Waals surface area contributed by atoms with Crippen LogP contribution in [-0.4, -0.2) is 30.7 Å². The molecule has 1 aromatic carbocycles. The van der Waals surface area contributed by atoms with E-state index in [0.29, 0.717) is 19.2 Å². The zero-order valence-electron chi connectivity index (χ0n) is 11.3. The Labute approximate surface area is 119 Å². The highest BCUT2D eigenvalue weighted by atomic mass is 16.5. The number of rotatable bonds is 3. The number of nitrogens with one attached hydrogen (secondary N) is 1. The Bertz CT molecular complexity index is 528. The van der Waals surface area contributed by atoms with Crippen LogP contribution in [0.2, 0.25) is 0 Å². The Morgan fingerprint density at radius 3 is 2.90 bits per heavy atom. The molecular formula is C16H18N2O2. The van der Waals surface area contributed by atoms with E-state index >= 15 is 0 Å². The number of hydrogen-bond acceptors (Lipinski definition) is 4. The van der Waals surface area contributed by atoms with Crippen molar-refractivity contribution in [1.82, 2.24) is 10.2 Å². The molecule has 1 aliphatic carbocycles. The van der Waals surface area contributed by atoms with Crippen LogP contribution in [0.3, 0.4) is 0 Å². The van der Waals surface area contributed by atoms with Crippen LogP contribution >= 0.6 is 0 Å². The zero-order valence-corrected chi connectivity index (χ0v) is 11.3. The third-order valence-electron chi connectivity index (χ3n) is 3.63. The van der Waals surface area contributed by atoms with Crippen LogP contribution in [0.1, 0.15) is 24.4 Å². The van der Waals surface area contributed by atoms with Gasteiger partial charge in [0, 0.05) is 18.5 Å². The van der Waals surface area contributed by atoms with Crippen molar-refractivity contribution in [2.45, 2.75) is 18.9 Å². The van der Waals surface area contributed by atoms with E-state index in [1.54, 1.807) is 0 Å². The van der Waals surface area contributed by atoms with Crippen molar-refractivity contribution >= 4 is 5.97 Å². The molecule has 0 spiro atoms. The Kier molecular flexibility index (Phi) is 3.89. The highest BCUT2D eigenvalue weighted by molar-refractivity contribution is 5.88. The number of ether oxygens (including phenoxy) is 1. The van der Waals surface area contributed by atoms with Crippen LogP contribution in [0.4, 0.5) is 0 Å². The summed E-state index contributed by atoms with van der Waals surface area (Å²) in [6.45, 7) is 2.03. The highest BCUT2D eigenvalue weighted by Gasteiger charge is 2.24. The van der Waals surface area contributed by atoms with Gasteiger partial charge in [0.05, 0.1) is 19.3 Å². The SMILES string of the molecule is O=C(C#CN1CNCC1c1ccccc1)OCC1CC1. The van der Waals surface area contributed by atoms with Crippen molar-refractivity contribution in [3.05, 3.63) is 35.9 Å². The van der Waals surface area contributed by atoms with Gasteiger partial charge in [-0.2, -0.15) is 0 Å². The zero-order chi connectivity index (χ0) is 13.8. The minimum absolute atomic E-state index is 0.194.